The monoisotopic (exact) mass is 493 g/mol. The number of hydrogen-bond donors (Lipinski definition) is 1. The summed E-state index contributed by atoms with van der Waals surface area (Å²) in [6.45, 7) is 1.18. The van der Waals surface area contributed by atoms with Crippen molar-refractivity contribution in [1.29, 1.82) is 0 Å². The first-order valence-electron chi connectivity index (χ1n) is 9.07. The molecule has 0 fully saturated rings. The van der Waals surface area contributed by atoms with Gasteiger partial charge in [-0.2, -0.15) is 5.10 Å². The molecule has 160 valence electrons. The molecule has 4 aromatic rings. The van der Waals surface area contributed by atoms with E-state index in [2.05, 4.69) is 31.0 Å². The van der Waals surface area contributed by atoms with Crippen LogP contribution in [0.4, 0.5) is 13.2 Å². The van der Waals surface area contributed by atoms with Crippen molar-refractivity contribution in [3.05, 3.63) is 87.2 Å². The fourth-order valence-corrected chi connectivity index (χ4v) is 3.81. The van der Waals surface area contributed by atoms with Gasteiger partial charge in [0.25, 0.3) is 5.56 Å². The summed E-state index contributed by atoms with van der Waals surface area (Å²) in [5.41, 5.74) is -2.69. The minimum Gasteiger partial charge on any atom is -0.381 e. The van der Waals surface area contributed by atoms with Gasteiger partial charge >= 0.3 is 0 Å². The van der Waals surface area contributed by atoms with Crippen LogP contribution in [-0.2, 0) is 12.1 Å². The summed E-state index contributed by atoms with van der Waals surface area (Å²) < 4.78 is 44.7. The molecule has 0 aliphatic carbocycles. The maximum atomic E-state index is 14.7. The van der Waals surface area contributed by atoms with Gasteiger partial charge in [0.2, 0.25) is 0 Å². The zero-order valence-corrected chi connectivity index (χ0v) is 17.6. The maximum absolute atomic E-state index is 14.7. The fraction of sp³-hybridized carbons (Fsp3) is 0.200. The van der Waals surface area contributed by atoms with E-state index in [-0.39, 0.29) is 27.5 Å². The van der Waals surface area contributed by atoms with Crippen molar-refractivity contribution < 1.29 is 18.3 Å². The Morgan fingerprint density at radius 1 is 1.16 bits per heavy atom. The lowest BCUT2D eigenvalue weighted by atomic mass is 9.86. The van der Waals surface area contributed by atoms with Crippen LogP contribution in [-0.4, -0.2) is 29.4 Å². The molecule has 2 unspecified atom stereocenters. The van der Waals surface area contributed by atoms with E-state index < -0.39 is 34.7 Å². The molecule has 0 saturated heterocycles. The van der Waals surface area contributed by atoms with E-state index in [4.69, 9.17) is 0 Å². The Hall–Kier alpha value is -3.05. The molecule has 4 rings (SSSR count). The van der Waals surface area contributed by atoms with Gasteiger partial charge < -0.3 is 5.11 Å². The average molecular weight is 494 g/mol. The van der Waals surface area contributed by atoms with Gasteiger partial charge in [0.1, 0.15) is 35.7 Å². The topological polar surface area (TPSA) is 85.8 Å². The molecule has 0 aliphatic heterocycles. The number of benzene rings is 2. The second-order valence-corrected chi connectivity index (χ2v) is 7.91. The Morgan fingerprint density at radius 3 is 2.61 bits per heavy atom. The number of nitrogens with zero attached hydrogens (tertiary/aromatic N) is 5. The first-order chi connectivity index (χ1) is 14.7. The molecule has 0 radical (unpaired) electrons. The molecular formula is C20H15BrF3N5O2. The van der Waals surface area contributed by atoms with E-state index in [1.807, 2.05) is 0 Å². The Bertz CT molecular complexity index is 1330. The van der Waals surface area contributed by atoms with Crippen molar-refractivity contribution in [2.45, 2.75) is 25.1 Å². The molecule has 0 spiro atoms. The molecular weight excluding hydrogens is 479 g/mol. The van der Waals surface area contributed by atoms with Gasteiger partial charge in [-0.15, -0.1) is 0 Å². The van der Waals surface area contributed by atoms with Crippen LogP contribution in [0.25, 0.3) is 10.9 Å². The van der Waals surface area contributed by atoms with Crippen molar-refractivity contribution in [1.82, 2.24) is 24.3 Å². The highest BCUT2D eigenvalue weighted by Gasteiger charge is 2.41. The van der Waals surface area contributed by atoms with Crippen molar-refractivity contribution in [3.8, 4) is 0 Å². The van der Waals surface area contributed by atoms with Gasteiger partial charge in [-0.1, -0.05) is 6.07 Å². The number of aliphatic hydroxyl groups is 1. The second kappa shape index (κ2) is 7.89. The predicted molar refractivity (Wildman–Crippen MR) is 109 cm³/mol. The normalized spacial score (nSPS) is 14.5. The minimum absolute atomic E-state index is 0.0160. The quantitative estimate of drug-likeness (QED) is 0.460. The van der Waals surface area contributed by atoms with Crippen LogP contribution in [0.5, 0.6) is 0 Å². The van der Waals surface area contributed by atoms with Crippen molar-refractivity contribution >= 4 is 26.8 Å². The van der Waals surface area contributed by atoms with Gasteiger partial charge in [0, 0.05) is 11.6 Å². The smallest absolute Gasteiger partial charge is 0.261 e. The van der Waals surface area contributed by atoms with Crippen molar-refractivity contribution in [3.63, 3.8) is 0 Å². The lowest BCUT2D eigenvalue weighted by Crippen LogP contribution is -2.43. The third-order valence-electron chi connectivity index (χ3n) is 5.20. The number of fused-ring (bicyclic) bond motifs is 1. The van der Waals surface area contributed by atoms with E-state index in [0.717, 1.165) is 22.8 Å². The molecule has 0 bridgehead atoms. The molecule has 1 N–H and O–H groups in total. The average Bonchev–Trinajstić information content (AvgIpc) is 3.22. The van der Waals surface area contributed by atoms with Gasteiger partial charge in [-0.25, -0.2) is 27.8 Å². The van der Waals surface area contributed by atoms with Gasteiger partial charge in [-0.05, 0) is 41.1 Å². The van der Waals surface area contributed by atoms with Gasteiger partial charge in [0.15, 0.2) is 0 Å². The van der Waals surface area contributed by atoms with Crippen LogP contribution in [0.3, 0.4) is 0 Å². The van der Waals surface area contributed by atoms with Crippen molar-refractivity contribution in [2.75, 3.05) is 0 Å². The van der Waals surface area contributed by atoms with Gasteiger partial charge in [0.05, 0.1) is 34.3 Å². The first-order valence-corrected chi connectivity index (χ1v) is 9.86. The Morgan fingerprint density at radius 2 is 1.94 bits per heavy atom. The zero-order valence-electron chi connectivity index (χ0n) is 16.0. The second-order valence-electron chi connectivity index (χ2n) is 7.06. The predicted octanol–water partition coefficient (Wildman–Crippen LogP) is 3.32. The third-order valence-corrected chi connectivity index (χ3v) is 5.81. The Kier molecular flexibility index (Phi) is 5.40. The molecule has 0 amide bonds. The molecule has 7 nitrogen and oxygen atoms in total. The highest BCUT2D eigenvalue weighted by molar-refractivity contribution is 9.10. The third kappa shape index (κ3) is 3.74. The molecule has 31 heavy (non-hydrogen) atoms. The summed E-state index contributed by atoms with van der Waals surface area (Å²) in [6.07, 6.45) is 3.73. The SMILES string of the molecule is CC(n1cnc2cc(Br)c(F)cc2c1=O)C(O)(Cn1cncn1)c1ccc(F)cc1F. The van der Waals surface area contributed by atoms with Crippen LogP contribution >= 0.6 is 15.9 Å². The summed E-state index contributed by atoms with van der Waals surface area (Å²) in [5.74, 6) is -2.46. The number of halogens is 4. The molecule has 0 saturated carbocycles. The molecule has 2 heterocycles. The summed E-state index contributed by atoms with van der Waals surface area (Å²) in [5, 5.41) is 15.5. The van der Waals surface area contributed by atoms with Crippen LogP contribution in [0.2, 0.25) is 0 Å². The van der Waals surface area contributed by atoms with E-state index in [9.17, 15) is 23.1 Å². The summed E-state index contributed by atoms with van der Waals surface area (Å²) >= 11 is 3.05. The highest BCUT2D eigenvalue weighted by Crippen LogP contribution is 2.36. The van der Waals surface area contributed by atoms with Crippen LogP contribution < -0.4 is 5.56 Å². The molecule has 2 aromatic heterocycles. The molecule has 11 heteroatoms. The largest absolute Gasteiger partial charge is 0.381 e. The maximum Gasteiger partial charge on any atom is 0.261 e. The summed E-state index contributed by atoms with van der Waals surface area (Å²) in [4.78, 5) is 21.1. The lowest BCUT2D eigenvalue weighted by Gasteiger charge is -2.35. The number of aromatic nitrogens is 5. The summed E-state index contributed by atoms with van der Waals surface area (Å²) in [6, 6.07) is 4.05. The molecule has 2 atom stereocenters. The van der Waals surface area contributed by atoms with Gasteiger partial charge in [-0.3, -0.25) is 9.36 Å². The fourth-order valence-electron chi connectivity index (χ4n) is 3.48. The van der Waals surface area contributed by atoms with E-state index in [1.54, 1.807) is 0 Å². The Balaban J connectivity index is 1.90. The molecule has 2 aromatic carbocycles. The Labute approximate surface area is 181 Å². The van der Waals surface area contributed by atoms with E-state index in [0.29, 0.717) is 6.07 Å². The van der Waals surface area contributed by atoms with Crippen LogP contribution in [0.1, 0.15) is 18.5 Å². The number of hydrogen-bond acceptors (Lipinski definition) is 5. The van der Waals surface area contributed by atoms with Crippen LogP contribution in [0.15, 0.2) is 58.6 Å². The lowest BCUT2D eigenvalue weighted by molar-refractivity contribution is -0.0343. The molecule has 0 aliphatic rings. The van der Waals surface area contributed by atoms with Crippen molar-refractivity contribution in [2.24, 2.45) is 0 Å². The standard InChI is InChI=1S/C20H15BrF3N5O2/c1-11(29-10-26-18-6-15(21)17(24)5-13(18)19(29)30)20(31,7-28-9-25-8-27-28)14-3-2-12(22)4-16(14)23/h2-6,8-11,31H,7H2,1H3. The highest BCUT2D eigenvalue weighted by atomic mass is 79.9. The zero-order chi connectivity index (χ0) is 22.3. The number of rotatable bonds is 5. The van der Waals surface area contributed by atoms with E-state index >= 15 is 0 Å². The van der Waals surface area contributed by atoms with Crippen LogP contribution in [0, 0.1) is 17.5 Å². The van der Waals surface area contributed by atoms with E-state index in [1.165, 1.54) is 36.7 Å². The first kappa shape index (κ1) is 21.2. The summed E-state index contributed by atoms with van der Waals surface area (Å²) in [7, 11) is 0. The minimum atomic E-state index is -2.06.